The molecule has 1 aliphatic heterocycles. The van der Waals surface area contributed by atoms with Gasteiger partial charge >= 0.3 is 0 Å². The summed E-state index contributed by atoms with van der Waals surface area (Å²) in [5.41, 5.74) is 2.48. The molecule has 1 aromatic heterocycles. The predicted molar refractivity (Wildman–Crippen MR) is 61.7 cm³/mol. The molecule has 1 unspecified atom stereocenters. The molecule has 2 nitrogen and oxygen atoms in total. The van der Waals surface area contributed by atoms with Crippen LogP contribution in [0.25, 0.3) is 10.9 Å². The Morgan fingerprint density at radius 2 is 2.27 bits per heavy atom. The van der Waals surface area contributed by atoms with Gasteiger partial charge in [0, 0.05) is 17.6 Å². The van der Waals surface area contributed by atoms with Crippen molar-refractivity contribution < 1.29 is 0 Å². The highest BCUT2D eigenvalue weighted by Gasteiger charge is 2.15. The maximum Gasteiger partial charge on any atom is 0.0702 e. The minimum absolute atomic E-state index is 0.551. The van der Waals surface area contributed by atoms with Crippen LogP contribution in [0.3, 0.4) is 0 Å². The van der Waals surface area contributed by atoms with Crippen LogP contribution in [0.4, 0.5) is 0 Å². The summed E-state index contributed by atoms with van der Waals surface area (Å²) in [4.78, 5) is 4.33. The Morgan fingerprint density at radius 1 is 1.27 bits per heavy atom. The molecule has 1 aliphatic rings. The monoisotopic (exact) mass is 198 g/mol. The summed E-state index contributed by atoms with van der Waals surface area (Å²) < 4.78 is 0. The van der Waals surface area contributed by atoms with Gasteiger partial charge in [0.15, 0.2) is 0 Å². The van der Waals surface area contributed by atoms with Gasteiger partial charge in [-0.25, -0.2) is 0 Å². The molecule has 2 heteroatoms. The van der Waals surface area contributed by atoms with Crippen molar-refractivity contribution in [1.29, 1.82) is 0 Å². The van der Waals surface area contributed by atoms with Gasteiger partial charge in [0.05, 0.1) is 5.52 Å². The van der Waals surface area contributed by atoms with Gasteiger partial charge in [-0.1, -0.05) is 12.1 Å². The highest BCUT2D eigenvalue weighted by molar-refractivity contribution is 5.79. The average Bonchev–Trinajstić information content (AvgIpc) is 2.82. The van der Waals surface area contributed by atoms with Gasteiger partial charge in [-0.15, -0.1) is 0 Å². The fourth-order valence-electron chi connectivity index (χ4n) is 2.28. The average molecular weight is 198 g/mol. The first kappa shape index (κ1) is 8.86. The van der Waals surface area contributed by atoms with Crippen molar-refractivity contribution in [3.8, 4) is 0 Å². The number of fused-ring (bicyclic) bond motifs is 1. The molecule has 2 heterocycles. The van der Waals surface area contributed by atoms with Crippen LogP contribution in [-0.4, -0.2) is 11.5 Å². The van der Waals surface area contributed by atoms with E-state index in [9.17, 15) is 0 Å². The predicted octanol–water partition coefficient (Wildman–Crippen LogP) is 2.66. The van der Waals surface area contributed by atoms with Crippen LogP contribution in [0.2, 0.25) is 0 Å². The highest BCUT2D eigenvalue weighted by atomic mass is 14.9. The van der Waals surface area contributed by atoms with Gasteiger partial charge in [0.1, 0.15) is 0 Å². The van der Waals surface area contributed by atoms with Gasteiger partial charge in [0.25, 0.3) is 0 Å². The summed E-state index contributed by atoms with van der Waals surface area (Å²) in [6, 6.07) is 11.2. The number of rotatable bonds is 1. The zero-order valence-electron chi connectivity index (χ0n) is 8.61. The third-order valence-electron chi connectivity index (χ3n) is 3.09. The van der Waals surface area contributed by atoms with Crippen molar-refractivity contribution >= 4 is 10.9 Å². The van der Waals surface area contributed by atoms with Crippen LogP contribution in [0.15, 0.2) is 36.5 Å². The lowest BCUT2D eigenvalue weighted by atomic mass is 10.0. The minimum Gasteiger partial charge on any atom is -0.310 e. The van der Waals surface area contributed by atoms with E-state index in [1.165, 1.54) is 23.8 Å². The fraction of sp³-hybridized carbons (Fsp3) is 0.308. The van der Waals surface area contributed by atoms with E-state index in [0.29, 0.717) is 6.04 Å². The number of nitrogens with one attached hydrogen (secondary N) is 1. The molecule has 0 amide bonds. The second kappa shape index (κ2) is 3.63. The van der Waals surface area contributed by atoms with Crippen molar-refractivity contribution in [2.45, 2.75) is 18.9 Å². The molecular weight excluding hydrogens is 184 g/mol. The smallest absolute Gasteiger partial charge is 0.0702 e. The lowest BCUT2D eigenvalue weighted by molar-refractivity contribution is 0.648. The first-order valence-electron chi connectivity index (χ1n) is 5.51. The van der Waals surface area contributed by atoms with E-state index < -0.39 is 0 Å². The van der Waals surface area contributed by atoms with Crippen molar-refractivity contribution in [3.05, 3.63) is 42.1 Å². The first-order chi connectivity index (χ1) is 7.43. The van der Waals surface area contributed by atoms with Crippen LogP contribution >= 0.6 is 0 Å². The summed E-state index contributed by atoms with van der Waals surface area (Å²) in [7, 11) is 0. The Labute approximate surface area is 89.3 Å². The van der Waals surface area contributed by atoms with E-state index in [1.54, 1.807) is 0 Å². The Bertz CT molecular complexity index is 473. The molecule has 15 heavy (non-hydrogen) atoms. The van der Waals surface area contributed by atoms with Crippen molar-refractivity contribution in [2.75, 3.05) is 6.54 Å². The van der Waals surface area contributed by atoms with Gasteiger partial charge in [-0.2, -0.15) is 0 Å². The van der Waals surface area contributed by atoms with Crippen LogP contribution in [0.1, 0.15) is 24.4 Å². The summed E-state index contributed by atoms with van der Waals surface area (Å²) in [5.74, 6) is 0. The molecule has 0 saturated carbocycles. The van der Waals surface area contributed by atoms with Crippen molar-refractivity contribution in [2.24, 2.45) is 0 Å². The van der Waals surface area contributed by atoms with Gasteiger partial charge in [0.2, 0.25) is 0 Å². The zero-order valence-corrected chi connectivity index (χ0v) is 8.61. The Kier molecular flexibility index (Phi) is 2.14. The standard InChI is InChI=1S/C13H14N2/c1-3-10-9-11(12-4-2-8-14-12)5-6-13(10)15-7-1/h1,3,5-7,9,12,14H,2,4,8H2. The molecule has 0 aliphatic carbocycles. The minimum atomic E-state index is 0.551. The van der Waals surface area contributed by atoms with E-state index in [2.05, 4.69) is 34.6 Å². The van der Waals surface area contributed by atoms with Crippen LogP contribution in [-0.2, 0) is 0 Å². The van der Waals surface area contributed by atoms with Gasteiger partial charge in [-0.3, -0.25) is 4.98 Å². The SMILES string of the molecule is c1cnc2ccc(C3CCCN3)cc2c1. The number of nitrogens with zero attached hydrogens (tertiary/aromatic N) is 1. The number of aromatic nitrogens is 1. The molecule has 2 aromatic rings. The topological polar surface area (TPSA) is 24.9 Å². The largest absolute Gasteiger partial charge is 0.310 e. The molecule has 1 saturated heterocycles. The molecular formula is C13H14N2. The molecule has 3 rings (SSSR count). The molecule has 76 valence electrons. The lowest BCUT2D eigenvalue weighted by Crippen LogP contribution is -2.12. The molecule has 0 radical (unpaired) electrons. The number of pyridine rings is 1. The van der Waals surface area contributed by atoms with E-state index in [1.807, 2.05) is 12.3 Å². The maximum absolute atomic E-state index is 4.33. The lowest BCUT2D eigenvalue weighted by Gasteiger charge is -2.10. The summed E-state index contributed by atoms with van der Waals surface area (Å²) in [5, 5.41) is 4.76. The molecule has 1 N–H and O–H groups in total. The third-order valence-corrected chi connectivity index (χ3v) is 3.09. The van der Waals surface area contributed by atoms with E-state index in [4.69, 9.17) is 0 Å². The van der Waals surface area contributed by atoms with E-state index in [0.717, 1.165) is 12.1 Å². The van der Waals surface area contributed by atoms with Crippen molar-refractivity contribution in [3.63, 3.8) is 0 Å². The molecule has 0 bridgehead atoms. The second-order valence-corrected chi connectivity index (χ2v) is 4.10. The van der Waals surface area contributed by atoms with Crippen LogP contribution < -0.4 is 5.32 Å². The zero-order chi connectivity index (χ0) is 10.1. The highest BCUT2D eigenvalue weighted by Crippen LogP contribution is 2.25. The van der Waals surface area contributed by atoms with Crippen LogP contribution in [0.5, 0.6) is 0 Å². The molecule has 1 fully saturated rings. The fourth-order valence-corrected chi connectivity index (χ4v) is 2.28. The normalized spacial score (nSPS) is 20.9. The second-order valence-electron chi connectivity index (χ2n) is 4.10. The number of hydrogen-bond donors (Lipinski definition) is 1. The Balaban J connectivity index is 2.05. The van der Waals surface area contributed by atoms with E-state index >= 15 is 0 Å². The quantitative estimate of drug-likeness (QED) is 0.762. The third kappa shape index (κ3) is 1.61. The van der Waals surface area contributed by atoms with Gasteiger partial charge in [-0.05, 0) is 43.1 Å². The first-order valence-corrected chi connectivity index (χ1v) is 5.51. The molecule has 0 spiro atoms. The molecule has 1 aromatic carbocycles. The van der Waals surface area contributed by atoms with Crippen LogP contribution in [0, 0.1) is 0 Å². The summed E-state index contributed by atoms with van der Waals surface area (Å²) in [6.45, 7) is 1.15. The number of hydrogen-bond acceptors (Lipinski definition) is 2. The van der Waals surface area contributed by atoms with Gasteiger partial charge < -0.3 is 5.32 Å². The van der Waals surface area contributed by atoms with E-state index in [-0.39, 0.29) is 0 Å². The summed E-state index contributed by atoms with van der Waals surface area (Å²) in [6.07, 6.45) is 4.39. The maximum atomic E-state index is 4.33. The summed E-state index contributed by atoms with van der Waals surface area (Å²) >= 11 is 0. The Morgan fingerprint density at radius 3 is 3.13 bits per heavy atom. The number of benzene rings is 1. The van der Waals surface area contributed by atoms with Crippen molar-refractivity contribution in [1.82, 2.24) is 10.3 Å². The molecule has 1 atom stereocenters. The Hall–Kier alpha value is -1.41.